The van der Waals surface area contributed by atoms with Gasteiger partial charge in [-0.3, -0.25) is 19.5 Å². The van der Waals surface area contributed by atoms with Crippen LogP contribution in [0.5, 0.6) is 0 Å². The lowest BCUT2D eigenvalue weighted by molar-refractivity contribution is -0.124. The summed E-state index contributed by atoms with van der Waals surface area (Å²) >= 11 is 0. The maximum absolute atomic E-state index is 12.4. The molecule has 0 radical (unpaired) electrons. The normalized spacial score (nSPS) is 21.5. The molecule has 164 valence electrons. The van der Waals surface area contributed by atoms with E-state index in [9.17, 15) is 4.79 Å². The van der Waals surface area contributed by atoms with E-state index >= 15 is 0 Å². The molecule has 1 aromatic rings. The predicted octanol–water partition coefficient (Wildman–Crippen LogP) is 1.15. The third-order valence-electron chi connectivity index (χ3n) is 5.69. The van der Waals surface area contributed by atoms with E-state index in [4.69, 9.17) is 10.00 Å². The van der Waals surface area contributed by atoms with Crippen molar-refractivity contribution in [1.29, 1.82) is 5.26 Å². The number of ether oxygens (including phenoxy) is 1. The molecular weight excluding hydrogens is 378 g/mol. The molecule has 1 N–H and O–H groups in total. The smallest absolute Gasteiger partial charge is 0.234 e. The van der Waals surface area contributed by atoms with Crippen LogP contribution in [0, 0.1) is 17.2 Å². The first-order valence-electron chi connectivity index (χ1n) is 11.1. The molecule has 30 heavy (non-hydrogen) atoms. The van der Waals surface area contributed by atoms with Crippen LogP contribution in [0.1, 0.15) is 25.0 Å². The zero-order valence-corrected chi connectivity index (χ0v) is 18.3. The lowest BCUT2D eigenvalue weighted by atomic mass is 10.1. The molecule has 0 aliphatic carbocycles. The largest absolute Gasteiger partial charge is 0.374 e. The van der Waals surface area contributed by atoms with Crippen molar-refractivity contribution in [2.75, 3.05) is 65.5 Å². The van der Waals surface area contributed by atoms with Gasteiger partial charge in [0, 0.05) is 58.9 Å². The highest BCUT2D eigenvalue weighted by Gasteiger charge is 2.23. The zero-order chi connectivity index (χ0) is 21.3. The second kappa shape index (κ2) is 11.4. The van der Waals surface area contributed by atoms with E-state index in [-0.39, 0.29) is 12.0 Å². The van der Waals surface area contributed by atoms with Gasteiger partial charge >= 0.3 is 0 Å². The standard InChI is InChI=1S/C23H35N5O2/c1-19(2)15-28-11-12-30-22(17-28)14-25-23(29)18-27-9-7-26(8-10-27)16-21-5-3-20(13-24)4-6-21/h3-6,19,22H,7-12,14-18H2,1-2H3,(H,25,29). The summed E-state index contributed by atoms with van der Waals surface area (Å²) in [7, 11) is 0. The van der Waals surface area contributed by atoms with Crippen LogP contribution in [-0.4, -0.2) is 92.2 Å². The molecular formula is C23H35N5O2. The molecule has 1 atom stereocenters. The number of morpholine rings is 1. The molecule has 0 saturated carbocycles. The van der Waals surface area contributed by atoms with Gasteiger partial charge in [0.1, 0.15) is 0 Å². The van der Waals surface area contributed by atoms with Crippen LogP contribution in [-0.2, 0) is 16.1 Å². The lowest BCUT2D eigenvalue weighted by Crippen LogP contribution is -2.51. The van der Waals surface area contributed by atoms with Crippen molar-refractivity contribution in [3.05, 3.63) is 35.4 Å². The van der Waals surface area contributed by atoms with E-state index in [2.05, 4.69) is 39.9 Å². The Morgan fingerprint density at radius 1 is 1.13 bits per heavy atom. The van der Waals surface area contributed by atoms with E-state index < -0.39 is 0 Å². The minimum atomic E-state index is 0.0834. The number of benzene rings is 1. The summed E-state index contributed by atoms with van der Waals surface area (Å²) in [6, 6.07) is 9.94. The van der Waals surface area contributed by atoms with Crippen LogP contribution in [0.25, 0.3) is 0 Å². The third kappa shape index (κ3) is 7.37. The van der Waals surface area contributed by atoms with Gasteiger partial charge in [0.25, 0.3) is 0 Å². The first-order chi connectivity index (χ1) is 14.5. The summed E-state index contributed by atoms with van der Waals surface area (Å²) in [5.41, 5.74) is 1.92. The number of amides is 1. The topological polar surface area (TPSA) is 71.8 Å². The third-order valence-corrected chi connectivity index (χ3v) is 5.69. The highest BCUT2D eigenvalue weighted by molar-refractivity contribution is 5.78. The Morgan fingerprint density at radius 2 is 1.83 bits per heavy atom. The van der Waals surface area contributed by atoms with Crippen molar-refractivity contribution in [3.63, 3.8) is 0 Å². The van der Waals surface area contributed by atoms with Crippen molar-refractivity contribution in [1.82, 2.24) is 20.0 Å². The minimum absolute atomic E-state index is 0.0834. The number of nitrogens with zero attached hydrogens (tertiary/aromatic N) is 4. The van der Waals surface area contributed by atoms with Crippen LogP contribution in [0.15, 0.2) is 24.3 Å². The average Bonchev–Trinajstić information content (AvgIpc) is 2.74. The molecule has 1 unspecified atom stereocenters. The summed E-state index contributed by atoms with van der Waals surface area (Å²) in [5.74, 6) is 0.731. The Kier molecular flexibility index (Phi) is 8.64. The average molecular weight is 414 g/mol. The van der Waals surface area contributed by atoms with Gasteiger partial charge in [0.2, 0.25) is 5.91 Å². The summed E-state index contributed by atoms with van der Waals surface area (Å²) in [5, 5.41) is 12.0. The highest BCUT2D eigenvalue weighted by Crippen LogP contribution is 2.10. The Balaban J connectivity index is 1.32. The minimum Gasteiger partial charge on any atom is -0.374 e. The summed E-state index contributed by atoms with van der Waals surface area (Å²) in [6.45, 7) is 13.8. The number of nitrogens with one attached hydrogen (secondary N) is 1. The number of nitriles is 1. The molecule has 1 aromatic carbocycles. The second-order valence-corrected chi connectivity index (χ2v) is 8.81. The van der Waals surface area contributed by atoms with Crippen LogP contribution in [0.4, 0.5) is 0 Å². The molecule has 0 aromatic heterocycles. The monoisotopic (exact) mass is 413 g/mol. The summed E-state index contributed by atoms with van der Waals surface area (Å²) in [4.78, 5) is 19.4. The van der Waals surface area contributed by atoms with Crippen LogP contribution >= 0.6 is 0 Å². The predicted molar refractivity (Wildman–Crippen MR) is 117 cm³/mol. The molecule has 2 saturated heterocycles. The Bertz CT molecular complexity index is 707. The molecule has 1 amide bonds. The number of piperazine rings is 1. The maximum Gasteiger partial charge on any atom is 0.234 e. The van der Waals surface area contributed by atoms with Crippen LogP contribution < -0.4 is 5.32 Å². The van der Waals surface area contributed by atoms with E-state index in [1.165, 1.54) is 5.56 Å². The van der Waals surface area contributed by atoms with E-state index in [1.807, 2.05) is 24.3 Å². The number of carbonyl (C=O) groups is 1. The molecule has 2 aliphatic rings. The first kappa shape index (κ1) is 22.7. The molecule has 2 heterocycles. The molecule has 7 heteroatoms. The second-order valence-electron chi connectivity index (χ2n) is 8.81. The van der Waals surface area contributed by atoms with Gasteiger partial charge in [-0.2, -0.15) is 5.26 Å². The van der Waals surface area contributed by atoms with E-state index in [1.54, 1.807) is 0 Å². The van der Waals surface area contributed by atoms with Crippen molar-refractivity contribution >= 4 is 5.91 Å². The van der Waals surface area contributed by atoms with Crippen LogP contribution in [0.2, 0.25) is 0 Å². The van der Waals surface area contributed by atoms with Crippen molar-refractivity contribution in [2.24, 2.45) is 5.92 Å². The van der Waals surface area contributed by atoms with Crippen molar-refractivity contribution in [3.8, 4) is 6.07 Å². The molecule has 3 rings (SSSR count). The number of carbonyl (C=O) groups excluding carboxylic acids is 1. The number of hydrogen-bond donors (Lipinski definition) is 1. The quantitative estimate of drug-likeness (QED) is 0.689. The molecule has 7 nitrogen and oxygen atoms in total. The summed E-state index contributed by atoms with van der Waals surface area (Å²) in [6.07, 6.45) is 0.0886. The van der Waals surface area contributed by atoms with Gasteiger partial charge in [-0.25, -0.2) is 0 Å². The number of hydrogen-bond acceptors (Lipinski definition) is 6. The van der Waals surface area contributed by atoms with Gasteiger partial charge in [0.05, 0.1) is 30.9 Å². The Hall–Kier alpha value is -1.98. The van der Waals surface area contributed by atoms with Gasteiger partial charge in [-0.1, -0.05) is 26.0 Å². The van der Waals surface area contributed by atoms with E-state index in [0.717, 1.165) is 59.0 Å². The fourth-order valence-corrected chi connectivity index (χ4v) is 4.12. The van der Waals surface area contributed by atoms with Gasteiger partial charge in [-0.15, -0.1) is 0 Å². The fraction of sp³-hybridized carbons (Fsp3) is 0.652. The van der Waals surface area contributed by atoms with Crippen molar-refractivity contribution in [2.45, 2.75) is 26.5 Å². The first-order valence-corrected chi connectivity index (χ1v) is 11.1. The summed E-state index contributed by atoms with van der Waals surface area (Å²) < 4.78 is 5.82. The van der Waals surface area contributed by atoms with Gasteiger partial charge < -0.3 is 10.1 Å². The van der Waals surface area contributed by atoms with Crippen LogP contribution in [0.3, 0.4) is 0 Å². The Labute approximate surface area is 180 Å². The Morgan fingerprint density at radius 3 is 2.50 bits per heavy atom. The molecule has 2 aliphatic heterocycles. The molecule has 2 fully saturated rings. The zero-order valence-electron chi connectivity index (χ0n) is 18.3. The lowest BCUT2D eigenvalue weighted by Gasteiger charge is -2.35. The molecule has 0 bridgehead atoms. The maximum atomic E-state index is 12.4. The van der Waals surface area contributed by atoms with E-state index in [0.29, 0.717) is 24.6 Å². The highest BCUT2D eigenvalue weighted by atomic mass is 16.5. The van der Waals surface area contributed by atoms with Gasteiger partial charge in [-0.05, 0) is 23.6 Å². The fourth-order valence-electron chi connectivity index (χ4n) is 4.12. The van der Waals surface area contributed by atoms with Crippen molar-refractivity contribution < 1.29 is 9.53 Å². The SMILES string of the molecule is CC(C)CN1CCOC(CNC(=O)CN2CCN(Cc3ccc(C#N)cc3)CC2)C1. The number of rotatable bonds is 8. The van der Waals surface area contributed by atoms with Gasteiger partial charge in [0.15, 0.2) is 0 Å². The molecule has 0 spiro atoms.